The molecule has 4 rings (SSSR count). The van der Waals surface area contributed by atoms with Gasteiger partial charge in [-0.1, -0.05) is 88.7 Å². The van der Waals surface area contributed by atoms with E-state index in [9.17, 15) is 5.11 Å². The Morgan fingerprint density at radius 3 is 2.15 bits per heavy atom. The number of hydrogen-bond donors (Lipinski definition) is 1. The van der Waals surface area contributed by atoms with Crippen LogP contribution in [0.2, 0.25) is 0 Å². The summed E-state index contributed by atoms with van der Waals surface area (Å²) in [4.78, 5) is 2.47. The van der Waals surface area contributed by atoms with Gasteiger partial charge in [-0.2, -0.15) is 0 Å². The van der Waals surface area contributed by atoms with E-state index in [1.165, 1.54) is 11.1 Å². The first-order valence-corrected chi connectivity index (χ1v) is 10.2. The van der Waals surface area contributed by atoms with Crippen molar-refractivity contribution in [2.45, 2.75) is 18.6 Å². The Balaban J connectivity index is 1.60. The number of aliphatic hydroxyl groups excluding tert-OH is 1. The third-order valence-electron chi connectivity index (χ3n) is 5.53. The maximum atomic E-state index is 11.2. The van der Waals surface area contributed by atoms with Gasteiger partial charge in [-0.05, 0) is 28.8 Å². The number of nitrogens with zero attached hydrogens (tertiary/aromatic N) is 1. The molecule has 3 aromatic rings. The van der Waals surface area contributed by atoms with E-state index in [1.807, 2.05) is 30.3 Å². The highest BCUT2D eigenvalue weighted by molar-refractivity contribution is 9.10. The highest BCUT2D eigenvalue weighted by Gasteiger charge is 2.38. The Morgan fingerprint density at radius 2 is 1.48 bits per heavy atom. The maximum absolute atomic E-state index is 11.2. The molecule has 3 atom stereocenters. The van der Waals surface area contributed by atoms with Crippen LogP contribution in [0.4, 0.5) is 0 Å². The molecule has 0 radical (unpaired) electrons. The Kier molecular flexibility index (Phi) is 5.72. The quantitative estimate of drug-likeness (QED) is 0.595. The summed E-state index contributed by atoms with van der Waals surface area (Å²) in [6, 6.07) is 29.2. The molecule has 0 aliphatic carbocycles. The van der Waals surface area contributed by atoms with Crippen molar-refractivity contribution in [2.75, 3.05) is 13.1 Å². The van der Waals surface area contributed by atoms with Crippen molar-refractivity contribution in [3.05, 3.63) is 106 Å². The molecule has 0 aromatic heterocycles. The van der Waals surface area contributed by atoms with Crippen LogP contribution in [-0.2, 0) is 6.54 Å². The summed E-state index contributed by atoms with van der Waals surface area (Å²) in [6.45, 7) is 2.78. The van der Waals surface area contributed by atoms with Crippen LogP contribution < -0.4 is 0 Å². The van der Waals surface area contributed by atoms with Crippen LogP contribution in [0, 0.1) is 5.92 Å². The fourth-order valence-electron chi connectivity index (χ4n) is 4.16. The second-order valence-corrected chi connectivity index (χ2v) is 8.27. The number of halogens is 1. The van der Waals surface area contributed by atoms with Crippen LogP contribution in [0.3, 0.4) is 0 Å². The standard InChI is InChI=1S/C24H24BrNO/c25-21-13-11-19(12-14-21)22-16-26(15-18-7-3-1-4-8-18)17-23(22)24(27)20-9-5-2-6-10-20/h1-14,22-24,27H,15-17H2/t22-,23+,24+/m0/s1. The number of benzene rings is 3. The van der Waals surface area contributed by atoms with Gasteiger partial charge in [0.2, 0.25) is 0 Å². The Morgan fingerprint density at radius 1 is 0.852 bits per heavy atom. The van der Waals surface area contributed by atoms with Crippen molar-refractivity contribution in [3.63, 3.8) is 0 Å². The molecule has 0 bridgehead atoms. The molecule has 1 saturated heterocycles. The fourth-order valence-corrected chi connectivity index (χ4v) is 4.43. The van der Waals surface area contributed by atoms with Gasteiger partial charge < -0.3 is 5.11 Å². The number of hydrogen-bond acceptors (Lipinski definition) is 2. The number of likely N-dealkylation sites (tertiary alicyclic amines) is 1. The fraction of sp³-hybridized carbons (Fsp3) is 0.250. The summed E-state index contributed by atoms with van der Waals surface area (Å²) < 4.78 is 1.09. The zero-order chi connectivity index (χ0) is 18.6. The molecule has 0 spiro atoms. The average molecular weight is 422 g/mol. The van der Waals surface area contributed by atoms with Gasteiger partial charge in [-0.3, -0.25) is 4.90 Å². The van der Waals surface area contributed by atoms with Crippen molar-refractivity contribution >= 4 is 15.9 Å². The molecule has 2 nitrogen and oxygen atoms in total. The highest BCUT2D eigenvalue weighted by atomic mass is 79.9. The maximum Gasteiger partial charge on any atom is 0.0836 e. The first-order valence-electron chi connectivity index (χ1n) is 9.45. The van der Waals surface area contributed by atoms with Gasteiger partial charge in [-0.15, -0.1) is 0 Å². The monoisotopic (exact) mass is 421 g/mol. The van der Waals surface area contributed by atoms with Crippen LogP contribution >= 0.6 is 15.9 Å². The SMILES string of the molecule is O[C@H](c1ccccc1)[C@@H]1CN(Cc2ccccc2)C[C@H]1c1ccc(Br)cc1. The van der Waals surface area contributed by atoms with E-state index in [0.717, 1.165) is 29.7 Å². The van der Waals surface area contributed by atoms with Crippen molar-refractivity contribution in [1.82, 2.24) is 4.90 Å². The minimum absolute atomic E-state index is 0.178. The van der Waals surface area contributed by atoms with Crippen molar-refractivity contribution in [2.24, 2.45) is 5.92 Å². The van der Waals surface area contributed by atoms with Gasteiger partial charge >= 0.3 is 0 Å². The van der Waals surface area contributed by atoms with E-state index in [-0.39, 0.29) is 5.92 Å². The Labute approximate surface area is 169 Å². The van der Waals surface area contributed by atoms with Gasteiger partial charge in [0.1, 0.15) is 0 Å². The lowest BCUT2D eigenvalue weighted by Crippen LogP contribution is -2.22. The zero-order valence-electron chi connectivity index (χ0n) is 15.2. The summed E-state index contributed by atoms with van der Waals surface area (Å²) in [7, 11) is 0. The summed E-state index contributed by atoms with van der Waals surface area (Å²) in [5, 5.41) is 11.2. The summed E-state index contributed by atoms with van der Waals surface area (Å²) in [5.74, 6) is 0.495. The van der Waals surface area contributed by atoms with E-state index < -0.39 is 6.10 Å². The smallest absolute Gasteiger partial charge is 0.0836 e. The molecule has 1 N–H and O–H groups in total. The normalized spacial score (nSPS) is 21.3. The number of rotatable bonds is 5. The van der Waals surface area contributed by atoms with Crippen molar-refractivity contribution < 1.29 is 5.11 Å². The van der Waals surface area contributed by atoms with Gasteiger partial charge in [-0.25, -0.2) is 0 Å². The molecular formula is C24H24BrNO. The lowest BCUT2D eigenvalue weighted by molar-refractivity contribution is 0.103. The second-order valence-electron chi connectivity index (χ2n) is 7.36. The molecule has 0 saturated carbocycles. The average Bonchev–Trinajstić information content (AvgIpc) is 3.13. The molecule has 0 amide bonds. The molecule has 1 aliphatic rings. The number of aliphatic hydroxyl groups is 1. The minimum atomic E-state index is -0.458. The topological polar surface area (TPSA) is 23.5 Å². The van der Waals surface area contributed by atoms with Crippen LogP contribution in [0.25, 0.3) is 0 Å². The lowest BCUT2D eigenvalue weighted by Gasteiger charge is -2.24. The second kappa shape index (κ2) is 8.39. The van der Waals surface area contributed by atoms with Crippen LogP contribution in [0.15, 0.2) is 89.4 Å². The molecule has 1 aliphatic heterocycles. The minimum Gasteiger partial charge on any atom is -0.388 e. The summed E-state index contributed by atoms with van der Waals surface area (Å²) in [6.07, 6.45) is -0.458. The molecule has 3 heteroatoms. The molecule has 27 heavy (non-hydrogen) atoms. The van der Waals surface area contributed by atoms with E-state index in [1.54, 1.807) is 0 Å². The summed E-state index contributed by atoms with van der Waals surface area (Å²) >= 11 is 3.53. The predicted molar refractivity (Wildman–Crippen MR) is 113 cm³/mol. The van der Waals surface area contributed by atoms with E-state index in [2.05, 4.69) is 75.4 Å². The Hall–Kier alpha value is -1.94. The van der Waals surface area contributed by atoms with Crippen LogP contribution in [0.1, 0.15) is 28.7 Å². The molecule has 0 unspecified atom stereocenters. The van der Waals surface area contributed by atoms with Crippen molar-refractivity contribution in [1.29, 1.82) is 0 Å². The molecular weight excluding hydrogens is 398 g/mol. The predicted octanol–water partition coefficient (Wildman–Crippen LogP) is 5.40. The van der Waals surface area contributed by atoms with E-state index in [4.69, 9.17) is 0 Å². The Bertz CT molecular complexity index is 851. The van der Waals surface area contributed by atoms with E-state index in [0.29, 0.717) is 5.92 Å². The van der Waals surface area contributed by atoms with Gasteiger partial charge in [0.15, 0.2) is 0 Å². The van der Waals surface area contributed by atoms with Gasteiger partial charge in [0.25, 0.3) is 0 Å². The van der Waals surface area contributed by atoms with Gasteiger partial charge in [0.05, 0.1) is 6.10 Å². The lowest BCUT2D eigenvalue weighted by atomic mass is 9.83. The highest BCUT2D eigenvalue weighted by Crippen LogP contribution is 2.41. The molecule has 138 valence electrons. The first-order chi connectivity index (χ1) is 13.2. The molecule has 3 aromatic carbocycles. The van der Waals surface area contributed by atoms with Crippen molar-refractivity contribution in [3.8, 4) is 0 Å². The summed E-state index contributed by atoms with van der Waals surface area (Å²) in [5.41, 5.74) is 3.63. The van der Waals surface area contributed by atoms with Crippen LogP contribution in [0.5, 0.6) is 0 Å². The zero-order valence-corrected chi connectivity index (χ0v) is 16.8. The van der Waals surface area contributed by atoms with E-state index >= 15 is 0 Å². The molecule has 1 heterocycles. The third kappa shape index (κ3) is 4.32. The largest absolute Gasteiger partial charge is 0.388 e. The van der Waals surface area contributed by atoms with Gasteiger partial charge in [0, 0.05) is 35.9 Å². The molecule has 1 fully saturated rings. The van der Waals surface area contributed by atoms with Crippen LogP contribution in [-0.4, -0.2) is 23.1 Å². The first kappa shape index (κ1) is 18.4. The third-order valence-corrected chi connectivity index (χ3v) is 6.06.